The van der Waals surface area contributed by atoms with E-state index in [0.717, 1.165) is 27.3 Å². The van der Waals surface area contributed by atoms with Crippen molar-refractivity contribution in [1.29, 1.82) is 0 Å². The number of aromatic nitrogens is 2. The first-order valence-electron chi connectivity index (χ1n) is 6.32. The number of nitrogens with zero attached hydrogens (tertiary/aromatic N) is 2. The molecule has 0 bridgehead atoms. The summed E-state index contributed by atoms with van der Waals surface area (Å²) in [7, 11) is 3.53. The van der Waals surface area contributed by atoms with E-state index in [1.165, 1.54) is 4.88 Å². The van der Waals surface area contributed by atoms with E-state index in [1.54, 1.807) is 18.4 Å². The van der Waals surface area contributed by atoms with Crippen LogP contribution < -0.4 is 10.1 Å². The van der Waals surface area contributed by atoms with Crippen molar-refractivity contribution < 1.29 is 4.74 Å². The Morgan fingerprint density at radius 1 is 1.20 bits per heavy atom. The zero-order valence-corrected chi connectivity index (χ0v) is 12.4. The molecule has 0 radical (unpaired) electrons. The fourth-order valence-corrected chi connectivity index (χ4v) is 3.06. The first-order chi connectivity index (χ1) is 9.72. The summed E-state index contributed by atoms with van der Waals surface area (Å²) in [6.45, 7) is 2.08. The van der Waals surface area contributed by atoms with Gasteiger partial charge in [0.05, 0.1) is 18.1 Å². The molecule has 2 heterocycles. The van der Waals surface area contributed by atoms with E-state index in [1.807, 2.05) is 31.3 Å². The van der Waals surface area contributed by atoms with Gasteiger partial charge >= 0.3 is 0 Å². The number of hydrogen-bond donors (Lipinski definition) is 1. The molecule has 1 aromatic carbocycles. The minimum absolute atomic E-state index is 0.682. The van der Waals surface area contributed by atoms with Crippen molar-refractivity contribution in [3.63, 3.8) is 0 Å². The quantitative estimate of drug-likeness (QED) is 0.796. The van der Waals surface area contributed by atoms with Crippen LogP contribution in [0.1, 0.15) is 4.88 Å². The Labute approximate surface area is 121 Å². The summed E-state index contributed by atoms with van der Waals surface area (Å²) in [5, 5.41) is 4.21. The van der Waals surface area contributed by atoms with Gasteiger partial charge in [-0.2, -0.15) is 0 Å². The monoisotopic (exact) mass is 285 g/mol. The molecule has 0 amide bonds. The lowest BCUT2D eigenvalue weighted by Crippen LogP contribution is -1.98. The molecule has 0 fully saturated rings. The second kappa shape index (κ2) is 5.09. The lowest BCUT2D eigenvalue weighted by atomic mass is 10.2. The number of para-hydroxylation sites is 1. The number of anilines is 1. The molecule has 2 aromatic heterocycles. The van der Waals surface area contributed by atoms with Gasteiger partial charge < -0.3 is 10.1 Å². The molecular formula is C15H15N3OS. The Hall–Kier alpha value is -2.14. The van der Waals surface area contributed by atoms with Gasteiger partial charge in [0.1, 0.15) is 16.4 Å². The van der Waals surface area contributed by atoms with Crippen LogP contribution in [-0.4, -0.2) is 24.1 Å². The highest BCUT2D eigenvalue weighted by Crippen LogP contribution is 2.33. The molecule has 4 nitrogen and oxygen atoms in total. The predicted molar refractivity (Wildman–Crippen MR) is 83.7 cm³/mol. The molecule has 3 aromatic rings. The normalized spacial score (nSPS) is 10.8. The van der Waals surface area contributed by atoms with E-state index >= 15 is 0 Å². The highest BCUT2D eigenvalue weighted by Gasteiger charge is 2.13. The summed E-state index contributed by atoms with van der Waals surface area (Å²) in [6, 6.07) is 9.90. The lowest BCUT2D eigenvalue weighted by Gasteiger charge is -2.09. The molecule has 0 aliphatic heterocycles. The summed E-state index contributed by atoms with van der Waals surface area (Å²) < 4.78 is 5.39. The fourth-order valence-electron chi connectivity index (χ4n) is 2.18. The second-order valence-electron chi connectivity index (χ2n) is 4.42. The zero-order valence-electron chi connectivity index (χ0n) is 11.6. The van der Waals surface area contributed by atoms with E-state index in [-0.39, 0.29) is 0 Å². The number of hydrogen-bond acceptors (Lipinski definition) is 5. The van der Waals surface area contributed by atoms with Crippen molar-refractivity contribution in [3.8, 4) is 17.1 Å². The third-order valence-corrected chi connectivity index (χ3v) is 4.04. The lowest BCUT2D eigenvalue weighted by molar-refractivity contribution is 0.416. The first kappa shape index (κ1) is 12.9. The van der Waals surface area contributed by atoms with Crippen molar-refractivity contribution in [2.24, 2.45) is 0 Å². The smallest absolute Gasteiger partial charge is 0.166 e. The maximum atomic E-state index is 5.39. The topological polar surface area (TPSA) is 47.0 Å². The zero-order chi connectivity index (χ0) is 14.1. The van der Waals surface area contributed by atoms with Gasteiger partial charge in [-0.05, 0) is 25.1 Å². The molecule has 0 atom stereocenters. The van der Waals surface area contributed by atoms with Gasteiger partial charge in [0, 0.05) is 11.9 Å². The van der Waals surface area contributed by atoms with Gasteiger partial charge in [-0.15, -0.1) is 11.3 Å². The highest BCUT2D eigenvalue weighted by atomic mass is 32.1. The predicted octanol–water partition coefficient (Wildman–Crippen LogP) is 3.72. The molecular weight excluding hydrogens is 270 g/mol. The molecule has 0 saturated carbocycles. The van der Waals surface area contributed by atoms with E-state index in [4.69, 9.17) is 4.74 Å². The Morgan fingerprint density at radius 2 is 2.00 bits per heavy atom. The van der Waals surface area contributed by atoms with Crippen molar-refractivity contribution in [2.45, 2.75) is 6.92 Å². The molecule has 0 saturated heterocycles. The summed E-state index contributed by atoms with van der Waals surface area (Å²) in [4.78, 5) is 11.5. The van der Waals surface area contributed by atoms with Gasteiger partial charge in [0.25, 0.3) is 0 Å². The van der Waals surface area contributed by atoms with Gasteiger partial charge in [-0.1, -0.05) is 12.1 Å². The Bertz CT molecular complexity index is 767. The van der Waals surface area contributed by atoms with E-state index in [9.17, 15) is 0 Å². The van der Waals surface area contributed by atoms with Crippen LogP contribution in [0.4, 0.5) is 5.82 Å². The van der Waals surface area contributed by atoms with Crippen LogP contribution in [0, 0.1) is 6.92 Å². The number of methoxy groups -OCH3 is 1. The number of ether oxygens (including phenoxy) is 1. The van der Waals surface area contributed by atoms with Crippen LogP contribution in [-0.2, 0) is 0 Å². The highest BCUT2D eigenvalue weighted by molar-refractivity contribution is 7.18. The van der Waals surface area contributed by atoms with Crippen molar-refractivity contribution in [2.75, 3.05) is 19.5 Å². The van der Waals surface area contributed by atoms with Crippen LogP contribution in [0.2, 0.25) is 0 Å². The molecule has 5 heteroatoms. The van der Waals surface area contributed by atoms with Crippen LogP contribution in [0.5, 0.6) is 5.75 Å². The fraction of sp³-hybridized carbons (Fsp3) is 0.200. The summed E-state index contributed by atoms with van der Waals surface area (Å²) in [5.74, 6) is 2.31. The van der Waals surface area contributed by atoms with Crippen LogP contribution in [0.3, 0.4) is 0 Å². The molecule has 1 N–H and O–H groups in total. The number of rotatable bonds is 3. The molecule has 0 unspecified atom stereocenters. The van der Waals surface area contributed by atoms with Gasteiger partial charge in [0.15, 0.2) is 5.82 Å². The van der Waals surface area contributed by atoms with E-state index in [0.29, 0.717) is 5.82 Å². The third-order valence-electron chi connectivity index (χ3n) is 3.10. The summed E-state index contributed by atoms with van der Waals surface area (Å²) in [6.07, 6.45) is 0. The minimum atomic E-state index is 0.682. The molecule has 20 heavy (non-hydrogen) atoms. The molecule has 0 aliphatic rings. The van der Waals surface area contributed by atoms with Gasteiger partial charge in [0.2, 0.25) is 0 Å². The average molecular weight is 285 g/mol. The van der Waals surface area contributed by atoms with Gasteiger partial charge in [-0.3, -0.25) is 0 Å². The van der Waals surface area contributed by atoms with E-state index in [2.05, 4.69) is 28.3 Å². The molecule has 0 spiro atoms. The third kappa shape index (κ3) is 2.10. The minimum Gasteiger partial charge on any atom is -0.496 e. The standard InChI is InChI=1S/C15H15N3OS/c1-9-8-11-13(16-2)17-14(18-15(11)20-9)10-6-4-5-7-12(10)19-3/h4-8H,1-3H3,(H,16,17,18). The van der Waals surface area contributed by atoms with E-state index < -0.39 is 0 Å². The summed E-state index contributed by atoms with van der Waals surface area (Å²) >= 11 is 1.67. The number of fused-ring (bicyclic) bond motifs is 1. The van der Waals surface area contributed by atoms with Gasteiger partial charge in [-0.25, -0.2) is 9.97 Å². The first-order valence-corrected chi connectivity index (χ1v) is 7.14. The number of benzene rings is 1. The van der Waals surface area contributed by atoms with Crippen LogP contribution >= 0.6 is 11.3 Å². The van der Waals surface area contributed by atoms with Crippen molar-refractivity contribution in [1.82, 2.24) is 9.97 Å². The number of nitrogens with one attached hydrogen (secondary N) is 1. The average Bonchev–Trinajstić information content (AvgIpc) is 2.86. The molecule has 3 rings (SSSR count). The number of aryl methyl sites for hydroxylation is 1. The maximum absolute atomic E-state index is 5.39. The largest absolute Gasteiger partial charge is 0.496 e. The second-order valence-corrected chi connectivity index (χ2v) is 5.66. The number of thiophene rings is 1. The Balaban J connectivity index is 2.26. The van der Waals surface area contributed by atoms with Crippen LogP contribution in [0.15, 0.2) is 30.3 Å². The summed E-state index contributed by atoms with van der Waals surface area (Å²) in [5.41, 5.74) is 0.902. The van der Waals surface area contributed by atoms with Crippen molar-refractivity contribution in [3.05, 3.63) is 35.2 Å². The van der Waals surface area contributed by atoms with Crippen molar-refractivity contribution >= 4 is 27.4 Å². The van der Waals surface area contributed by atoms with Crippen LogP contribution in [0.25, 0.3) is 21.6 Å². The maximum Gasteiger partial charge on any atom is 0.166 e. The molecule has 102 valence electrons. The Morgan fingerprint density at radius 3 is 2.75 bits per heavy atom. The molecule has 0 aliphatic carbocycles. The Kier molecular flexibility index (Phi) is 3.28. The SMILES string of the molecule is CNc1nc(-c2ccccc2OC)nc2sc(C)cc12.